The van der Waals surface area contributed by atoms with Crippen molar-refractivity contribution in [2.45, 2.75) is 52.2 Å². The lowest BCUT2D eigenvalue weighted by Crippen LogP contribution is -2.56. The summed E-state index contributed by atoms with van der Waals surface area (Å²) in [6.45, 7) is 5.07. The van der Waals surface area contributed by atoms with E-state index < -0.39 is 6.10 Å². The van der Waals surface area contributed by atoms with E-state index in [-0.39, 0.29) is 57.7 Å². The molecule has 8 atom stereocenters. The van der Waals surface area contributed by atoms with Crippen LogP contribution < -0.4 is 0 Å². The number of thiol groups is 1. The van der Waals surface area contributed by atoms with Crippen LogP contribution in [-0.4, -0.2) is 45.3 Å². The van der Waals surface area contributed by atoms with Crippen LogP contribution in [0.15, 0.2) is 46.8 Å². The largest absolute Gasteiger partial charge is 0.472 e. The number of aliphatic hydroxyl groups is 1. The number of furan rings is 1. The lowest BCUT2D eigenvalue weighted by molar-refractivity contribution is -0.142. The van der Waals surface area contributed by atoms with E-state index in [0.717, 1.165) is 30.4 Å². The molecule has 0 bridgehead atoms. The number of hydrogen-bond donors (Lipinski definition) is 3. The molecule has 5 rings (SSSR count). The SMILES string of the molecule is C[C@]12C[C@H](O)[C@H]3[C@@H](CCC4=CC(=O)C=C[C@@]43C)[C@@H]1C[C@@H](CN(O)Cc1ccoc1)[C@@H]2C(=O)CS. The standard InChI is InChI=1S/C27H35NO5S/c1-26-7-5-19(29)10-18(26)3-4-20-21-9-17(13-28(32)12-16-6-8-33-14-16)24(23(31)15-34)27(21,2)11-22(30)25(20)26/h5-8,10,14,17,20-22,24-25,30,32,34H,3-4,9,11-13,15H2,1-2H3/t17-,20-,21-,22-,24+,25+,26-,27-/m0/s1. The van der Waals surface area contributed by atoms with Gasteiger partial charge in [-0.1, -0.05) is 25.5 Å². The zero-order chi connectivity index (χ0) is 24.3. The van der Waals surface area contributed by atoms with Crippen molar-refractivity contribution >= 4 is 24.2 Å². The summed E-state index contributed by atoms with van der Waals surface area (Å²) in [7, 11) is 0. The number of nitrogens with zero attached hydrogens (tertiary/aromatic N) is 1. The van der Waals surface area contributed by atoms with Gasteiger partial charge in [-0.2, -0.15) is 17.7 Å². The maximum atomic E-state index is 13.2. The van der Waals surface area contributed by atoms with E-state index in [1.54, 1.807) is 24.7 Å². The fraction of sp³-hybridized carbons (Fsp3) is 0.630. The van der Waals surface area contributed by atoms with E-state index >= 15 is 0 Å². The van der Waals surface area contributed by atoms with Crippen molar-refractivity contribution in [2.24, 2.45) is 40.4 Å². The number of carbonyl (C=O) groups is 2. The monoisotopic (exact) mass is 485 g/mol. The Kier molecular flexibility index (Phi) is 6.20. The van der Waals surface area contributed by atoms with Crippen molar-refractivity contribution in [1.82, 2.24) is 5.06 Å². The van der Waals surface area contributed by atoms with Crippen molar-refractivity contribution in [3.05, 3.63) is 48.0 Å². The van der Waals surface area contributed by atoms with Gasteiger partial charge in [0.05, 0.1) is 25.2 Å². The highest BCUT2D eigenvalue weighted by molar-refractivity contribution is 7.81. The maximum Gasteiger partial charge on any atom is 0.178 e. The Morgan fingerprint density at radius 1 is 1.35 bits per heavy atom. The highest BCUT2D eigenvalue weighted by Crippen LogP contribution is 2.67. The molecule has 0 radical (unpaired) electrons. The molecule has 6 nitrogen and oxygen atoms in total. The Bertz CT molecular complexity index is 1020. The molecule has 7 heteroatoms. The van der Waals surface area contributed by atoms with Gasteiger partial charge in [-0.25, -0.2) is 0 Å². The predicted molar refractivity (Wildman–Crippen MR) is 130 cm³/mol. The van der Waals surface area contributed by atoms with Crippen molar-refractivity contribution in [3.63, 3.8) is 0 Å². The first kappa shape index (κ1) is 24.0. The van der Waals surface area contributed by atoms with Crippen molar-refractivity contribution in [2.75, 3.05) is 12.3 Å². The van der Waals surface area contributed by atoms with Gasteiger partial charge in [0.15, 0.2) is 5.78 Å². The molecule has 0 aliphatic heterocycles. The summed E-state index contributed by atoms with van der Waals surface area (Å²) < 4.78 is 5.12. The minimum Gasteiger partial charge on any atom is -0.472 e. The maximum absolute atomic E-state index is 13.2. The summed E-state index contributed by atoms with van der Waals surface area (Å²) >= 11 is 4.34. The second kappa shape index (κ2) is 8.77. The molecule has 0 amide bonds. The predicted octanol–water partition coefficient (Wildman–Crippen LogP) is 4.09. The van der Waals surface area contributed by atoms with Crippen LogP contribution in [0, 0.1) is 40.4 Å². The molecule has 1 aromatic rings. The molecule has 1 aromatic heterocycles. The average Bonchev–Trinajstić information content (AvgIpc) is 3.38. The van der Waals surface area contributed by atoms with Crippen LogP contribution in [-0.2, 0) is 16.1 Å². The average molecular weight is 486 g/mol. The lowest BCUT2D eigenvalue weighted by atomic mass is 9.46. The second-order valence-electron chi connectivity index (χ2n) is 11.4. The third kappa shape index (κ3) is 3.76. The summed E-state index contributed by atoms with van der Waals surface area (Å²) in [5, 5.41) is 23.6. The molecular formula is C27H35NO5S. The number of Topliss-reactive ketones (excluding diaryl/α,β-unsaturated/α-hetero) is 1. The number of fused-ring (bicyclic) bond motifs is 5. The smallest absolute Gasteiger partial charge is 0.178 e. The zero-order valence-electron chi connectivity index (χ0n) is 19.9. The third-order valence-corrected chi connectivity index (χ3v) is 9.87. The number of ketones is 2. The molecule has 3 saturated carbocycles. The molecule has 0 spiro atoms. The summed E-state index contributed by atoms with van der Waals surface area (Å²) in [4.78, 5) is 25.3. The van der Waals surface area contributed by atoms with Crippen LogP contribution in [0.4, 0.5) is 0 Å². The minimum absolute atomic E-state index is 0.00859. The van der Waals surface area contributed by atoms with E-state index in [2.05, 4.69) is 26.5 Å². The molecule has 0 saturated heterocycles. The van der Waals surface area contributed by atoms with Crippen LogP contribution in [0.5, 0.6) is 0 Å². The Labute approximate surface area is 206 Å². The van der Waals surface area contributed by atoms with Crippen LogP contribution in [0.25, 0.3) is 0 Å². The first-order valence-electron chi connectivity index (χ1n) is 12.4. The number of aliphatic hydroxyl groups excluding tert-OH is 1. The number of allylic oxidation sites excluding steroid dienone is 4. The van der Waals surface area contributed by atoms with E-state index in [9.17, 15) is 19.9 Å². The Balaban J connectivity index is 1.45. The molecule has 3 fully saturated rings. The second-order valence-corrected chi connectivity index (χ2v) is 11.7. The van der Waals surface area contributed by atoms with E-state index in [1.807, 2.05) is 12.1 Å². The first-order valence-corrected chi connectivity index (χ1v) is 13.0. The fourth-order valence-electron chi connectivity index (χ4n) is 8.35. The van der Waals surface area contributed by atoms with Crippen LogP contribution >= 0.6 is 12.6 Å². The van der Waals surface area contributed by atoms with Crippen LogP contribution in [0.3, 0.4) is 0 Å². The Hall–Kier alpha value is -1.67. The molecule has 4 aliphatic carbocycles. The molecule has 2 N–H and O–H groups in total. The highest BCUT2D eigenvalue weighted by Gasteiger charge is 2.64. The van der Waals surface area contributed by atoms with Crippen molar-refractivity contribution < 1.29 is 24.3 Å². The van der Waals surface area contributed by atoms with Crippen LogP contribution in [0.2, 0.25) is 0 Å². The zero-order valence-corrected chi connectivity index (χ0v) is 20.8. The van der Waals surface area contributed by atoms with Gasteiger partial charge >= 0.3 is 0 Å². The number of rotatable bonds is 6. The number of hydrogen-bond acceptors (Lipinski definition) is 7. The number of hydroxylamine groups is 2. The molecule has 1 heterocycles. The van der Waals surface area contributed by atoms with Crippen molar-refractivity contribution in [3.8, 4) is 0 Å². The van der Waals surface area contributed by atoms with E-state index in [1.165, 1.54) is 5.06 Å². The minimum atomic E-state index is -0.553. The van der Waals surface area contributed by atoms with Crippen molar-refractivity contribution in [1.29, 1.82) is 0 Å². The molecule has 0 aromatic carbocycles. The topological polar surface area (TPSA) is 91.0 Å². The van der Waals surface area contributed by atoms with Gasteiger partial charge < -0.3 is 14.7 Å². The summed E-state index contributed by atoms with van der Waals surface area (Å²) in [6, 6.07) is 1.83. The summed E-state index contributed by atoms with van der Waals surface area (Å²) in [5.74, 6) is 0.589. The molecular weight excluding hydrogens is 450 g/mol. The molecule has 34 heavy (non-hydrogen) atoms. The Morgan fingerprint density at radius 3 is 2.85 bits per heavy atom. The lowest BCUT2D eigenvalue weighted by Gasteiger charge is -2.58. The van der Waals surface area contributed by atoms with Gasteiger partial charge in [0, 0.05) is 35.1 Å². The van der Waals surface area contributed by atoms with Gasteiger partial charge in [-0.05, 0) is 67.1 Å². The highest BCUT2D eigenvalue weighted by atomic mass is 32.1. The third-order valence-electron chi connectivity index (χ3n) is 9.56. The first-order chi connectivity index (χ1) is 16.2. The molecule has 184 valence electrons. The van der Waals surface area contributed by atoms with E-state index in [0.29, 0.717) is 19.5 Å². The quantitative estimate of drug-likeness (QED) is 0.415. The summed E-state index contributed by atoms with van der Waals surface area (Å²) in [6.07, 6.45) is 11.2. The Morgan fingerprint density at radius 2 is 2.15 bits per heavy atom. The van der Waals surface area contributed by atoms with Crippen LogP contribution in [0.1, 0.15) is 45.1 Å². The van der Waals surface area contributed by atoms with Gasteiger partial charge in [-0.15, -0.1) is 0 Å². The van der Waals surface area contributed by atoms with E-state index in [4.69, 9.17) is 4.42 Å². The molecule has 0 unspecified atom stereocenters. The van der Waals surface area contributed by atoms with Gasteiger partial charge in [0.2, 0.25) is 0 Å². The molecule has 4 aliphatic rings. The van der Waals surface area contributed by atoms with Gasteiger partial charge in [0.25, 0.3) is 0 Å². The fourth-order valence-corrected chi connectivity index (χ4v) is 8.54. The van der Waals surface area contributed by atoms with Gasteiger partial charge in [-0.3, -0.25) is 9.59 Å². The summed E-state index contributed by atoms with van der Waals surface area (Å²) in [5.41, 5.74) is 1.34. The normalized spacial score (nSPS) is 41.1. The van der Waals surface area contributed by atoms with Gasteiger partial charge in [0.1, 0.15) is 5.78 Å². The number of carbonyl (C=O) groups excluding carboxylic acids is 2.